The quantitative estimate of drug-likeness (QED) is 0.387. The fourth-order valence-corrected chi connectivity index (χ4v) is 2.63. The van der Waals surface area contributed by atoms with Crippen LogP contribution in [0.5, 0.6) is 0 Å². The van der Waals surface area contributed by atoms with E-state index in [0.29, 0.717) is 6.54 Å². The van der Waals surface area contributed by atoms with E-state index in [9.17, 15) is 0 Å². The Kier molecular flexibility index (Phi) is 9.77. The molecule has 0 aromatic carbocycles. The number of thiazole rings is 1. The van der Waals surface area contributed by atoms with Gasteiger partial charge in [0.25, 0.3) is 0 Å². The Morgan fingerprint density at radius 1 is 1.41 bits per heavy atom. The zero-order valence-electron chi connectivity index (χ0n) is 14.2. The van der Waals surface area contributed by atoms with Crippen molar-refractivity contribution in [3.8, 4) is 0 Å². The number of hydrogen-bond acceptors (Lipinski definition) is 5. The second-order valence-corrected chi connectivity index (χ2v) is 6.46. The number of nitrogens with one attached hydrogen (secondary N) is 2. The average Bonchev–Trinajstić information content (AvgIpc) is 2.91. The molecule has 6 nitrogen and oxygen atoms in total. The van der Waals surface area contributed by atoms with Gasteiger partial charge in [-0.3, -0.25) is 0 Å². The van der Waals surface area contributed by atoms with Crippen molar-refractivity contribution in [2.75, 3.05) is 46.9 Å². The van der Waals surface area contributed by atoms with Gasteiger partial charge in [-0.2, -0.15) is 0 Å². The third kappa shape index (κ3) is 8.31. The van der Waals surface area contributed by atoms with E-state index < -0.39 is 0 Å². The smallest absolute Gasteiger partial charge is 0.191 e. The van der Waals surface area contributed by atoms with Crippen LogP contribution in [0.15, 0.2) is 11.2 Å². The number of aromatic nitrogens is 1. The Hall–Kier alpha value is -1.18. The highest BCUT2D eigenvalue weighted by Crippen LogP contribution is 2.11. The molecule has 0 fully saturated rings. The number of aliphatic imine (C=N–C) groups is 1. The summed E-state index contributed by atoms with van der Waals surface area (Å²) in [5.74, 6) is 0.848. The number of methoxy groups -OCH3 is 1. The van der Waals surface area contributed by atoms with E-state index in [1.54, 1.807) is 18.4 Å². The second-order valence-electron chi connectivity index (χ2n) is 5.14. The lowest BCUT2D eigenvalue weighted by Crippen LogP contribution is -2.41. The maximum atomic E-state index is 5.07. The minimum Gasteiger partial charge on any atom is -0.385 e. The molecule has 1 aromatic heterocycles. The molecule has 0 amide bonds. The molecule has 22 heavy (non-hydrogen) atoms. The zero-order chi connectivity index (χ0) is 16.2. The van der Waals surface area contributed by atoms with Gasteiger partial charge in [-0.05, 0) is 27.3 Å². The second kappa shape index (κ2) is 11.4. The van der Waals surface area contributed by atoms with Crippen molar-refractivity contribution in [1.82, 2.24) is 20.5 Å². The van der Waals surface area contributed by atoms with Gasteiger partial charge in [0.2, 0.25) is 0 Å². The lowest BCUT2D eigenvalue weighted by atomic mass is 10.4. The van der Waals surface area contributed by atoms with Crippen LogP contribution in [0.4, 0.5) is 0 Å². The molecule has 0 unspecified atom stereocenters. The maximum absolute atomic E-state index is 5.07. The first-order valence-corrected chi connectivity index (χ1v) is 8.58. The van der Waals surface area contributed by atoms with Crippen LogP contribution >= 0.6 is 11.3 Å². The van der Waals surface area contributed by atoms with Crippen LogP contribution in [-0.2, 0) is 11.3 Å². The lowest BCUT2D eigenvalue weighted by molar-refractivity contribution is 0.180. The molecular weight excluding hydrogens is 298 g/mol. The van der Waals surface area contributed by atoms with Crippen LogP contribution in [-0.4, -0.2) is 62.8 Å². The van der Waals surface area contributed by atoms with Crippen molar-refractivity contribution in [3.63, 3.8) is 0 Å². The van der Waals surface area contributed by atoms with Crippen molar-refractivity contribution in [2.45, 2.75) is 26.8 Å². The average molecular weight is 327 g/mol. The van der Waals surface area contributed by atoms with Crippen molar-refractivity contribution >= 4 is 17.3 Å². The van der Waals surface area contributed by atoms with E-state index in [1.165, 1.54) is 4.88 Å². The molecule has 1 rings (SSSR count). The van der Waals surface area contributed by atoms with Crippen molar-refractivity contribution in [1.29, 1.82) is 0 Å². The van der Waals surface area contributed by atoms with E-state index in [1.807, 2.05) is 6.20 Å². The van der Waals surface area contributed by atoms with Gasteiger partial charge in [0, 0.05) is 51.0 Å². The summed E-state index contributed by atoms with van der Waals surface area (Å²) in [5.41, 5.74) is 0. The third-order valence-electron chi connectivity index (χ3n) is 3.06. The maximum Gasteiger partial charge on any atom is 0.191 e. The highest BCUT2D eigenvalue weighted by Gasteiger charge is 2.02. The van der Waals surface area contributed by atoms with Crippen molar-refractivity contribution in [2.24, 2.45) is 4.99 Å². The van der Waals surface area contributed by atoms with Crippen molar-refractivity contribution < 1.29 is 4.74 Å². The number of nitrogens with zero attached hydrogens (tertiary/aromatic N) is 3. The Morgan fingerprint density at radius 2 is 2.23 bits per heavy atom. The monoisotopic (exact) mass is 327 g/mol. The van der Waals surface area contributed by atoms with Crippen LogP contribution in [0, 0.1) is 6.92 Å². The molecule has 126 valence electrons. The number of hydrogen-bond donors (Lipinski definition) is 2. The summed E-state index contributed by atoms with van der Waals surface area (Å²) >= 11 is 1.69. The predicted octanol–water partition coefficient (Wildman–Crippen LogP) is 1.47. The molecule has 7 heteroatoms. The molecule has 0 radical (unpaired) electrons. The van der Waals surface area contributed by atoms with Gasteiger partial charge < -0.3 is 20.3 Å². The lowest BCUT2D eigenvalue weighted by Gasteiger charge is -2.18. The van der Waals surface area contributed by atoms with E-state index in [4.69, 9.17) is 4.74 Å². The highest BCUT2D eigenvalue weighted by atomic mass is 32.1. The summed E-state index contributed by atoms with van der Waals surface area (Å²) in [6.45, 7) is 9.31. The summed E-state index contributed by atoms with van der Waals surface area (Å²) in [7, 11) is 3.87. The molecule has 1 heterocycles. The zero-order valence-corrected chi connectivity index (χ0v) is 15.0. The molecule has 1 aromatic rings. The molecule has 0 aliphatic rings. The van der Waals surface area contributed by atoms with Gasteiger partial charge in [0.05, 0.1) is 6.54 Å². The van der Waals surface area contributed by atoms with Crippen LogP contribution in [0.1, 0.15) is 23.2 Å². The highest BCUT2D eigenvalue weighted by molar-refractivity contribution is 7.11. The Bertz CT molecular complexity index is 435. The largest absolute Gasteiger partial charge is 0.385 e. The summed E-state index contributed by atoms with van der Waals surface area (Å²) in [6, 6.07) is 0. The van der Waals surface area contributed by atoms with E-state index in [2.05, 4.69) is 46.4 Å². The van der Waals surface area contributed by atoms with Crippen LogP contribution in [0.3, 0.4) is 0 Å². The fourth-order valence-electron chi connectivity index (χ4n) is 1.92. The molecule has 0 atom stereocenters. The predicted molar refractivity (Wildman–Crippen MR) is 93.7 cm³/mol. The van der Waals surface area contributed by atoms with Crippen LogP contribution in [0.2, 0.25) is 0 Å². The summed E-state index contributed by atoms with van der Waals surface area (Å²) in [4.78, 5) is 12.4. The van der Waals surface area contributed by atoms with E-state index in [-0.39, 0.29) is 0 Å². The molecule has 0 saturated carbocycles. The first kappa shape index (κ1) is 18.9. The summed E-state index contributed by atoms with van der Waals surface area (Å²) < 4.78 is 5.07. The van der Waals surface area contributed by atoms with Gasteiger partial charge in [-0.15, -0.1) is 11.3 Å². The summed E-state index contributed by atoms with van der Waals surface area (Å²) in [5, 5.41) is 7.67. The van der Waals surface area contributed by atoms with Gasteiger partial charge in [-0.1, -0.05) is 0 Å². The number of ether oxygens (including phenoxy) is 1. The van der Waals surface area contributed by atoms with Crippen LogP contribution < -0.4 is 10.6 Å². The SMILES string of the molecule is CCNC(=NCc1ncc(C)s1)NCCN(C)CCCOC. The molecule has 0 saturated heterocycles. The molecule has 0 bridgehead atoms. The number of aryl methyl sites for hydroxylation is 1. The number of rotatable bonds is 10. The molecular formula is C15H29N5OS. The standard InChI is InChI=1S/C15H29N5OS/c1-5-16-15(19-12-14-18-11-13(2)22-14)17-7-9-20(3)8-6-10-21-4/h11H,5-10,12H2,1-4H3,(H2,16,17,19). The van der Waals surface area contributed by atoms with E-state index in [0.717, 1.165) is 50.2 Å². The first-order chi connectivity index (χ1) is 10.7. The molecule has 0 spiro atoms. The Balaban J connectivity index is 2.30. The molecule has 0 aliphatic heterocycles. The summed E-state index contributed by atoms with van der Waals surface area (Å²) in [6.07, 6.45) is 2.95. The van der Waals surface area contributed by atoms with Crippen molar-refractivity contribution in [3.05, 3.63) is 16.1 Å². The minimum absolute atomic E-state index is 0.623. The number of guanidine groups is 1. The van der Waals surface area contributed by atoms with Gasteiger partial charge in [-0.25, -0.2) is 9.98 Å². The Labute approximate surface area is 138 Å². The van der Waals surface area contributed by atoms with Gasteiger partial charge >= 0.3 is 0 Å². The Morgan fingerprint density at radius 3 is 2.86 bits per heavy atom. The van der Waals surface area contributed by atoms with Crippen LogP contribution in [0.25, 0.3) is 0 Å². The molecule has 2 N–H and O–H groups in total. The third-order valence-corrected chi connectivity index (χ3v) is 3.96. The first-order valence-electron chi connectivity index (χ1n) is 7.76. The van der Waals surface area contributed by atoms with E-state index >= 15 is 0 Å². The number of likely N-dealkylation sites (N-methyl/N-ethyl adjacent to an activating group) is 1. The topological polar surface area (TPSA) is 61.8 Å². The fraction of sp³-hybridized carbons (Fsp3) is 0.733. The van der Waals surface area contributed by atoms with Gasteiger partial charge in [0.1, 0.15) is 5.01 Å². The molecule has 0 aliphatic carbocycles. The minimum atomic E-state index is 0.623. The van der Waals surface area contributed by atoms with Gasteiger partial charge in [0.15, 0.2) is 5.96 Å². The normalized spacial score (nSPS) is 12.0.